The number of anilines is 1. The summed E-state index contributed by atoms with van der Waals surface area (Å²) in [6.45, 7) is 0.618. The smallest absolute Gasteiger partial charge is 0.149 e. The number of benzene rings is 1. The van der Waals surface area contributed by atoms with Gasteiger partial charge in [-0.25, -0.2) is 4.68 Å². The molecule has 0 saturated carbocycles. The maximum absolute atomic E-state index is 5.97. The molecule has 0 amide bonds. The molecule has 0 unspecified atom stereocenters. The van der Waals surface area contributed by atoms with Crippen LogP contribution in [-0.4, -0.2) is 16.9 Å². The number of nitrogen functional groups attached to an aromatic ring is 1. The van der Waals surface area contributed by atoms with Crippen molar-refractivity contribution in [2.24, 2.45) is 0 Å². The van der Waals surface area contributed by atoms with E-state index in [1.54, 1.807) is 7.11 Å². The van der Waals surface area contributed by atoms with E-state index in [1.807, 2.05) is 10.7 Å². The number of nitrogens with zero attached hydrogens (tertiary/aromatic N) is 2. The topological polar surface area (TPSA) is 53.1 Å². The number of ether oxygens (including phenoxy) is 1. The Morgan fingerprint density at radius 1 is 1.39 bits per heavy atom. The molecule has 3 rings (SSSR count). The summed E-state index contributed by atoms with van der Waals surface area (Å²) in [5.74, 6) is 0.680. The van der Waals surface area contributed by atoms with Gasteiger partial charge in [0.25, 0.3) is 0 Å². The molecule has 1 aliphatic carbocycles. The zero-order valence-electron chi connectivity index (χ0n) is 10.5. The third-order valence-corrected chi connectivity index (χ3v) is 3.43. The minimum atomic E-state index is 0.618. The van der Waals surface area contributed by atoms with Gasteiger partial charge in [0.2, 0.25) is 0 Å². The van der Waals surface area contributed by atoms with Crippen LogP contribution in [0, 0.1) is 0 Å². The van der Waals surface area contributed by atoms with Crippen LogP contribution in [0.1, 0.15) is 23.2 Å². The Labute approximate surface area is 106 Å². The highest BCUT2D eigenvalue weighted by atomic mass is 16.5. The molecule has 0 aliphatic heterocycles. The molecular formula is C14H17N3O. The van der Waals surface area contributed by atoms with E-state index >= 15 is 0 Å². The Morgan fingerprint density at radius 2 is 2.28 bits per heavy atom. The zero-order valence-corrected chi connectivity index (χ0v) is 10.5. The van der Waals surface area contributed by atoms with E-state index in [2.05, 4.69) is 23.3 Å². The molecule has 2 N–H and O–H groups in total. The van der Waals surface area contributed by atoms with Gasteiger partial charge in [0, 0.05) is 18.4 Å². The van der Waals surface area contributed by atoms with Crippen LogP contribution < -0.4 is 5.73 Å². The fraction of sp³-hybridized carbons (Fsp3) is 0.357. The van der Waals surface area contributed by atoms with Crippen LogP contribution in [0.2, 0.25) is 0 Å². The van der Waals surface area contributed by atoms with Crippen LogP contribution in [0.3, 0.4) is 0 Å². The van der Waals surface area contributed by atoms with E-state index in [0.29, 0.717) is 12.4 Å². The van der Waals surface area contributed by atoms with Gasteiger partial charge in [0.05, 0.1) is 12.3 Å². The minimum absolute atomic E-state index is 0.618. The first kappa shape index (κ1) is 11.3. The van der Waals surface area contributed by atoms with E-state index < -0.39 is 0 Å². The number of nitrogens with two attached hydrogens (primary N) is 1. The molecule has 0 fully saturated rings. The molecule has 0 saturated heterocycles. The summed E-state index contributed by atoms with van der Waals surface area (Å²) in [5.41, 5.74) is 10.7. The molecule has 4 heteroatoms. The first-order valence-electron chi connectivity index (χ1n) is 6.24. The number of fused-ring (bicyclic) bond motifs is 1. The van der Waals surface area contributed by atoms with Crippen molar-refractivity contribution in [3.05, 3.63) is 41.1 Å². The third kappa shape index (κ3) is 1.78. The standard InChI is InChI=1S/C14H17N3O/c1-18-9-10-4-2-5-11(8-10)17-13-7-3-6-12(13)14(15)16-17/h2,4-5,8H,3,6-7,9H2,1H3,(H2,15,16). The van der Waals surface area contributed by atoms with Gasteiger partial charge in [0.15, 0.2) is 0 Å². The van der Waals surface area contributed by atoms with E-state index in [0.717, 1.165) is 24.1 Å². The molecule has 0 atom stereocenters. The second-order valence-corrected chi connectivity index (χ2v) is 4.68. The van der Waals surface area contributed by atoms with Crippen LogP contribution >= 0.6 is 0 Å². The molecule has 0 bridgehead atoms. The molecular weight excluding hydrogens is 226 g/mol. The molecule has 1 heterocycles. The second-order valence-electron chi connectivity index (χ2n) is 4.68. The molecule has 2 aromatic rings. The lowest BCUT2D eigenvalue weighted by Crippen LogP contribution is -2.02. The highest BCUT2D eigenvalue weighted by Crippen LogP contribution is 2.29. The highest BCUT2D eigenvalue weighted by molar-refractivity contribution is 5.49. The quantitative estimate of drug-likeness (QED) is 0.898. The van der Waals surface area contributed by atoms with Crippen molar-refractivity contribution < 1.29 is 4.74 Å². The zero-order chi connectivity index (χ0) is 12.5. The van der Waals surface area contributed by atoms with Crippen molar-refractivity contribution in [2.75, 3.05) is 12.8 Å². The Hall–Kier alpha value is -1.81. The van der Waals surface area contributed by atoms with E-state index in [1.165, 1.54) is 17.7 Å². The van der Waals surface area contributed by atoms with Gasteiger partial charge >= 0.3 is 0 Å². The Bertz CT molecular complexity index is 574. The molecule has 4 nitrogen and oxygen atoms in total. The largest absolute Gasteiger partial charge is 0.382 e. The number of aromatic nitrogens is 2. The van der Waals surface area contributed by atoms with Gasteiger partial charge in [0.1, 0.15) is 5.82 Å². The van der Waals surface area contributed by atoms with Gasteiger partial charge in [-0.2, -0.15) is 5.10 Å². The van der Waals surface area contributed by atoms with Crippen LogP contribution in [-0.2, 0) is 24.2 Å². The molecule has 1 aliphatic rings. The molecule has 0 radical (unpaired) electrons. The first-order valence-corrected chi connectivity index (χ1v) is 6.24. The lowest BCUT2D eigenvalue weighted by molar-refractivity contribution is 0.185. The average Bonchev–Trinajstić information content (AvgIpc) is 2.95. The van der Waals surface area contributed by atoms with Crippen molar-refractivity contribution in [3.63, 3.8) is 0 Å². The summed E-state index contributed by atoms with van der Waals surface area (Å²) in [7, 11) is 1.70. The summed E-state index contributed by atoms with van der Waals surface area (Å²) >= 11 is 0. The van der Waals surface area contributed by atoms with Gasteiger partial charge in [-0.15, -0.1) is 0 Å². The molecule has 1 aromatic heterocycles. The van der Waals surface area contributed by atoms with E-state index in [9.17, 15) is 0 Å². The summed E-state index contributed by atoms with van der Waals surface area (Å²) in [5, 5.41) is 4.46. The molecule has 0 spiro atoms. The lowest BCUT2D eigenvalue weighted by atomic mass is 10.2. The average molecular weight is 243 g/mol. The molecule has 1 aromatic carbocycles. The van der Waals surface area contributed by atoms with E-state index in [4.69, 9.17) is 10.5 Å². The van der Waals surface area contributed by atoms with Crippen LogP contribution in [0.4, 0.5) is 5.82 Å². The van der Waals surface area contributed by atoms with Gasteiger partial charge in [-0.05, 0) is 37.0 Å². The number of rotatable bonds is 3. The normalized spacial score (nSPS) is 13.8. The maximum atomic E-state index is 5.97. The predicted molar refractivity (Wildman–Crippen MR) is 70.7 cm³/mol. The Kier molecular flexibility index (Phi) is 2.80. The monoisotopic (exact) mass is 243 g/mol. The molecule has 18 heavy (non-hydrogen) atoms. The first-order chi connectivity index (χ1) is 8.79. The van der Waals surface area contributed by atoms with Crippen LogP contribution in [0.5, 0.6) is 0 Å². The summed E-state index contributed by atoms with van der Waals surface area (Å²) < 4.78 is 7.15. The second kappa shape index (κ2) is 4.46. The summed E-state index contributed by atoms with van der Waals surface area (Å²) in [6, 6.07) is 8.25. The number of hydrogen-bond donors (Lipinski definition) is 1. The molecule has 94 valence electrons. The fourth-order valence-corrected chi connectivity index (χ4v) is 2.62. The van der Waals surface area contributed by atoms with Crippen LogP contribution in [0.25, 0.3) is 5.69 Å². The lowest BCUT2D eigenvalue weighted by Gasteiger charge is -2.07. The van der Waals surface area contributed by atoms with Crippen molar-refractivity contribution in [3.8, 4) is 5.69 Å². The van der Waals surface area contributed by atoms with Crippen molar-refractivity contribution in [2.45, 2.75) is 25.9 Å². The van der Waals surface area contributed by atoms with Crippen molar-refractivity contribution in [1.82, 2.24) is 9.78 Å². The van der Waals surface area contributed by atoms with Gasteiger partial charge in [-0.1, -0.05) is 12.1 Å². The Morgan fingerprint density at radius 3 is 3.11 bits per heavy atom. The SMILES string of the molecule is COCc1cccc(-n2nc(N)c3c2CCC3)c1. The van der Waals surface area contributed by atoms with Crippen molar-refractivity contribution in [1.29, 1.82) is 0 Å². The number of methoxy groups -OCH3 is 1. The van der Waals surface area contributed by atoms with E-state index in [-0.39, 0.29) is 0 Å². The maximum Gasteiger partial charge on any atom is 0.149 e. The van der Waals surface area contributed by atoms with Gasteiger partial charge < -0.3 is 10.5 Å². The third-order valence-electron chi connectivity index (χ3n) is 3.43. The van der Waals surface area contributed by atoms with Gasteiger partial charge in [-0.3, -0.25) is 0 Å². The predicted octanol–water partition coefficient (Wildman–Crippen LogP) is 2.09. The summed E-state index contributed by atoms with van der Waals surface area (Å²) in [6.07, 6.45) is 3.29. The highest BCUT2D eigenvalue weighted by Gasteiger charge is 2.21. The summed E-state index contributed by atoms with van der Waals surface area (Å²) in [4.78, 5) is 0. The van der Waals surface area contributed by atoms with Crippen molar-refractivity contribution >= 4 is 5.82 Å². The minimum Gasteiger partial charge on any atom is -0.382 e. The Balaban J connectivity index is 2.04. The van der Waals surface area contributed by atoms with Crippen LogP contribution in [0.15, 0.2) is 24.3 Å². The number of hydrogen-bond acceptors (Lipinski definition) is 3. The fourth-order valence-electron chi connectivity index (χ4n) is 2.62.